The highest BCUT2D eigenvalue weighted by molar-refractivity contribution is 6.62. The van der Waals surface area contributed by atoms with Crippen LogP contribution < -0.4 is 4.74 Å². The van der Waals surface area contributed by atoms with Crippen LogP contribution in [-0.2, 0) is 6.18 Å². The first-order chi connectivity index (χ1) is 8.77. The Kier molecular flexibility index (Phi) is 3.58. The smallest absolute Gasteiger partial charge is 0.416 e. The highest BCUT2D eigenvalue weighted by Gasteiger charge is 2.34. The van der Waals surface area contributed by atoms with Crippen LogP contribution in [-0.4, -0.2) is 29.5 Å². The van der Waals surface area contributed by atoms with E-state index in [1.807, 2.05) is 0 Å². The molecule has 1 fully saturated rings. The summed E-state index contributed by atoms with van der Waals surface area (Å²) in [6.07, 6.45) is -5.12. The lowest BCUT2D eigenvalue weighted by Crippen LogP contribution is -2.54. The van der Waals surface area contributed by atoms with Gasteiger partial charge in [-0.15, -0.1) is 0 Å². The maximum atomic E-state index is 13.3. The minimum Gasteiger partial charge on any atom is -0.484 e. The Labute approximate surface area is 110 Å². The van der Waals surface area contributed by atoms with Crippen molar-refractivity contribution in [3.63, 3.8) is 0 Å². The molecule has 0 aliphatic carbocycles. The lowest BCUT2D eigenvalue weighted by molar-refractivity contribution is -0.137. The topological polar surface area (TPSA) is 29.5 Å². The van der Waals surface area contributed by atoms with Gasteiger partial charge in [-0.25, -0.2) is 4.39 Å². The first-order valence-electron chi connectivity index (χ1n) is 5.25. The lowest BCUT2D eigenvalue weighted by atomic mass is 10.1. The van der Waals surface area contributed by atoms with Crippen molar-refractivity contribution in [3.8, 4) is 5.75 Å². The van der Waals surface area contributed by atoms with E-state index in [0.717, 1.165) is 0 Å². The monoisotopic (exact) mass is 297 g/mol. The molecule has 1 aliphatic heterocycles. The SMILES string of the molecule is O=C(Cl)N1CC(Oc2cc(C(F)(F)F)ccc2F)C1. The van der Waals surface area contributed by atoms with Gasteiger partial charge in [-0.05, 0) is 29.8 Å². The Morgan fingerprint density at radius 1 is 1.37 bits per heavy atom. The van der Waals surface area contributed by atoms with Gasteiger partial charge in [0.15, 0.2) is 11.6 Å². The molecular weight excluding hydrogens is 290 g/mol. The average molecular weight is 298 g/mol. The van der Waals surface area contributed by atoms with Crippen LogP contribution in [0.3, 0.4) is 0 Å². The van der Waals surface area contributed by atoms with Crippen molar-refractivity contribution in [1.82, 2.24) is 4.90 Å². The normalized spacial score (nSPS) is 16.2. The highest BCUT2D eigenvalue weighted by Crippen LogP contribution is 2.33. The number of carbonyl (C=O) groups is 1. The van der Waals surface area contributed by atoms with Crippen molar-refractivity contribution in [3.05, 3.63) is 29.6 Å². The molecule has 1 saturated heterocycles. The zero-order chi connectivity index (χ0) is 14.2. The van der Waals surface area contributed by atoms with Crippen molar-refractivity contribution < 1.29 is 27.1 Å². The molecule has 0 atom stereocenters. The highest BCUT2D eigenvalue weighted by atomic mass is 35.5. The molecule has 2 rings (SSSR count). The summed E-state index contributed by atoms with van der Waals surface area (Å²) < 4.78 is 55.8. The Morgan fingerprint density at radius 3 is 2.53 bits per heavy atom. The molecule has 104 valence electrons. The quantitative estimate of drug-likeness (QED) is 0.476. The van der Waals surface area contributed by atoms with Gasteiger partial charge in [-0.1, -0.05) is 0 Å². The van der Waals surface area contributed by atoms with Gasteiger partial charge < -0.3 is 9.64 Å². The molecule has 1 amide bonds. The molecular formula is C11H8ClF4NO2. The minimum absolute atomic E-state index is 0.123. The number of hydrogen-bond acceptors (Lipinski definition) is 2. The predicted molar refractivity (Wildman–Crippen MR) is 58.6 cm³/mol. The molecule has 1 aliphatic rings. The van der Waals surface area contributed by atoms with E-state index in [0.29, 0.717) is 18.2 Å². The number of likely N-dealkylation sites (tertiary alicyclic amines) is 1. The van der Waals surface area contributed by atoms with Gasteiger partial charge >= 0.3 is 11.5 Å². The zero-order valence-corrected chi connectivity index (χ0v) is 10.1. The van der Waals surface area contributed by atoms with E-state index in [4.69, 9.17) is 16.3 Å². The summed E-state index contributed by atoms with van der Waals surface area (Å²) in [5, 5.41) is -0.677. The Morgan fingerprint density at radius 2 is 2.00 bits per heavy atom. The number of alkyl halides is 3. The van der Waals surface area contributed by atoms with Crippen molar-refractivity contribution in [2.75, 3.05) is 13.1 Å². The summed E-state index contributed by atoms with van der Waals surface area (Å²) in [4.78, 5) is 11.9. The van der Waals surface area contributed by atoms with Crippen LogP contribution in [0, 0.1) is 5.82 Å². The van der Waals surface area contributed by atoms with Gasteiger partial charge in [-0.3, -0.25) is 4.79 Å². The van der Waals surface area contributed by atoms with Gasteiger partial charge in [0.25, 0.3) is 0 Å². The summed E-state index contributed by atoms with van der Waals surface area (Å²) >= 11 is 5.17. The van der Waals surface area contributed by atoms with E-state index in [2.05, 4.69) is 0 Å². The molecule has 1 heterocycles. The molecule has 0 bridgehead atoms. The first kappa shape index (κ1) is 13.9. The fraction of sp³-hybridized carbons (Fsp3) is 0.364. The number of ether oxygens (including phenoxy) is 1. The van der Waals surface area contributed by atoms with E-state index in [1.54, 1.807) is 0 Å². The second-order valence-corrected chi connectivity index (χ2v) is 4.36. The van der Waals surface area contributed by atoms with Crippen molar-refractivity contribution in [2.45, 2.75) is 12.3 Å². The second kappa shape index (κ2) is 4.88. The molecule has 0 saturated carbocycles. The molecule has 1 aromatic carbocycles. The van der Waals surface area contributed by atoms with Crippen LogP contribution >= 0.6 is 11.6 Å². The Balaban J connectivity index is 2.07. The fourth-order valence-corrected chi connectivity index (χ4v) is 1.74. The van der Waals surface area contributed by atoms with Crippen LogP contribution in [0.2, 0.25) is 0 Å². The van der Waals surface area contributed by atoms with Crippen molar-refractivity contribution >= 4 is 17.0 Å². The van der Waals surface area contributed by atoms with E-state index in [9.17, 15) is 22.4 Å². The number of carbonyl (C=O) groups excluding carboxylic acids is 1. The third-order valence-corrected chi connectivity index (χ3v) is 2.89. The number of hydrogen-bond donors (Lipinski definition) is 0. The van der Waals surface area contributed by atoms with E-state index in [-0.39, 0.29) is 13.1 Å². The zero-order valence-electron chi connectivity index (χ0n) is 9.38. The number of nitrogens with zero attached hydrogens (tertiary/aromatic N) is 1. The van der Waals surface area contributed by atoms with E-state index < -0.39 is 34.8 Å². The second-order valence-electron chi connectivity index (χ2n) is 4.04. The Bertz CT molecular complexity index is 500. The van der Waals surface area contributed by atoms with Gasteiger partial charge in [-0.2, -0.15) is 13.2 Å². The van der Waals surface area contributed by atoms with E-state index in [1.165, 1.54) is 4.90 Å². The Hall–Kier alpha value is -1.50. The largest absolute Gasteiger partial charge is 0.484 e. The van der Waals surface area contributed by atoms with Crippen molar-refractivity contribution in [2.24, 2.45) is 0 Å². The predicted octanol–water partition coefficient (Wildman–Crippen LogP) is 3.27. The third-order valence-electron chi connectivity index (χ3n) is 2.65. The number of rotatable bonds is 2. The summed E-state index contributed by atoms with van der Waals surface area (Å²) in [7, 11) is 0. The van der Waals surface area contributed by atoms with Crippen LogP contribution in [0.4, 0.5) is 22.4 Å². The standard InChI is InChI=1S/C11H8ClF4NO2/c12-10(18)17-4-7(5-17)19-9-3-6(11(14,15)16)1-2-8(9)13/h1-3,7H,4-5H2. The van der Waals surface area contributed by atoms with Crippen LogP contribution in [0.5, 0.6) is 5.75 Å². The van der Waals surface area contributed by atoms with Gasteiger partial charge in [0.1, 0.15) is 6.10 Å². The molecule has 8 heteroatoms. The van der Waals surface area contributed by atoms with Gasteiger partial charge in [0, 0.05) is 0 Å². The number of benzene rings is 1. The fourth-order valence-electron chi connectivity index (χ4n) is 1.61. The molecule has 19 heavy (non-hydrogen) atoms. The molecule has 1 aromatic rings. The van der Waals surface area contributed by atoms with Crippen LogP contribution in [0.15, 0.2) is 18.2 Å². The maximum Gasteiger partial charge on any atom is 0.416 e. The summed E-state index contributed by atoms with van der Waals surface area (Å²) in [6, 6.07) is 1.93. The average Bonchev–Trinajstić information content (AvgIpc) is 2.22. The molecule has 0 spiro atoms. The molecule has 0 aromatic heterocycles. The number of amides is 1. The molecule has 0 radical (unpaired) electrons. The summed E-state index contributed by atoms with van der Waals surface area (Å²) in [5.41, 5.74) is -0.992. The van der Waals surface area contributed by atoms with Gasteiger partial charge in [0.05, 0.1) is 18.7 Å². The number of halogens is 5. The first-order valence-corrected chi connectivity index (χ1v) is 5.63. The van der Waals surface area contributed by atoms with Crippen LogP contribution in [0.25, 0.3) is 0 Å². The van der Waals surface area contributed by atoms with Crippen molar-refractivity contribution in [1.29, 1.82) is 0 Å². The van der Waals surface area contributed by atoms with Crippen LogP contribution in [0.1, 0.15) is 5.56 Å². The summed E-state index contributed by atoms with van der Waals surface area (Å²) in [5.74, 6) is -1.37. The minimum atomic E-state index is -4.57. The molecule has 0 unspecified atom stereocenters. The molecule has 0 N–H and O–H groups in total. The maximum absolute atomic E-state index is 13.3. The lowest BCUT2D eigenvalue weighted by Gasteiger charge is -2.37. The summed E-state index contributed by atoms with van der Waals surface area (Å²) in [6.45, 7) is 0.246. The van der Waals surface area contributed by atoms with E-state index >= 15 is 0 Å². The molecule has 3 nitrogen and oxygen atoms in total. The van der Waals surface area contributed by atoms with Gasteiger partial charge in [0.2, 0.25) is 0 Å². The third kappa shape index (κ3) is 3.09.